The Bertz CT molecular complexity index is 1610. The molecule has 3 atom stereocenters. The molecular weight excluding hydrogens is 468 g/mol. The van der Waals surface area contributed by atoms with Gasteiger partial charge in [0, 0.05) is 33.2 Å². The third-order valence-electron chi connectivity index (χ3n) is 7.33. The van der Waals surface area contributed by atoms with Crippen LogP contribution in [0.3, 0.4) is 0 Å². The van der Waals surface area contributed by atoms with Crippen LogP contribution in [0.1, 0.15) is 50.6 Å². The summed E-state index contributed by atoms with van der Waals surface area (Å²) in [6.45, 7) is 0. The van der Waals surface area contributed by atoms with Gasteiger partial charge in [0.05, 0.1) is 5.56 Å². The standard InChI is InChI=1S/C32H21ClO3/c33-22-16-14-20(15-17-22)27-25-18-26-29-23(12-7-13-24(29)32(34)35-26)31(25)36-30(21-10-5-2-6-11-21)28(27)19-8-3-1-4-9-19/h1-18,27-28,30H/t27-,28+,30-/m0/s1. The lowest BCUT2D eigenvalue weighted by Gasteiger charge is -2.41. The smallest absolute Gasteiger partial charge is 0.344 e. The van der Waals surface area contributed by atoms with Gasteiger partial charge in [-0.3, -0.25) is 0 Å². The second-order valence-corrected chi connectivity index (χ2v) is 9.76. The van der Waals surface area contributed by atoms with Crippen molar-refractivity contribution in [3.05, 3.63) is 142 Å². The largest absolute Gasteiger partial charge is 0.484 e. The zero-order valence-electron chi connectivity index (χ0n) is 19.2. The summed E-state index contributed by atoms with van der Waals surface area (Å²) < 4.78 is 12.7. The fourth-order valence-corrected chi connectivity index (χ4v) is 5.92. The number of hydrogen-bond donors (Lipinski definition) is 0. The van der Waals surface area contributed by atoms with Gasteiger partial charge in [0.25, 0.3) is 0 Å². The van der Waals surface area contributed by atoms with Crippen molar-refractivity contribution >= 4 is 28.3 Å². The highest BCUT2D eigenvalue weighted by Gasteiger charge is 2.43. The number of esters is 1. The van der Waals surface area contributed by atoms with E-state index in [0.29, 0.717) is 16.3 Å². The van der Waals surface area contributed by atoms with Gasteiger partial charge in [0.1, 0.15) is 17.6 Å². The molecule has 5 aromatic carbocycles. The number of ether oxygens (including phenoxy) is 2. The van der Waals surface area contributed by atoms with Gasteiger partial charge in [-0.15, -0.1) is 0 Å². The quantitative estimate of drug-likeness (QED) is 0.190. The minimum Gasteiger partial charge on any atom is -0.484 e. The van der Waals surface area contributed by atoms with Crippen molar-refractivity contribution < 1.29 is 14.3 Å². The summed E-state index contributed by atoms with van der Waals surface area (Å²) in [6, 6.07) is 36.6. The number of rotatable bonds is 3. The third kappa shape index (κ3) is 3.24. The van der Waals surface area contributed by atoms with Crippen molar-refractivity contribution in [3.8, 4) is 11.5 Å². The summed E-state index contributed by atoms with van der Waals surface area (Å²) in [5.41, 5.74) is 5.00. The molecule has 2 aliphatic heterocycles. The molecule has 5 aromatic rings. The summed E-state index contributed by atoms with van der Waals surface area (Å²) in [6.07, 6.45) is -0.239. The Labute approximate surface area is 213 Å². The molecule has 174 valence electrons. The van der Waals surface area contributed by atoms with E-state index in [1.165, 1.54) is 5.56 Å². The van der Waals surface area contributed by atoms with E-state index in [1.54, 1.807) is 0 Å². The first-order chi connectivity index (χ1) is 17.7. The number of hydrogen-bond acceptors (Lipinski definition) is 3. The minimum absolute atomic E-state index is 0.0211. The summed E-state index contributed by atoms with van der Waals surface area (Å²) in [5.74, 6) is 1.00. The minimum atomic E-state index is -0.319. The summed E-state index contributed by atoms with van der Waals surface area (Å²) >= 11 is 6.30. The zero-order valence-corrected chi connectivity index (χ0v) is 20.0. The molecule has 0 radical (unpaired) electrons. The van der Waals surface area contributed by atoms with E-state index in [2.05, 4.69) is 48.5 Å². The molecule has 0 amide bonds. The highest BCUT2D eigenvalue weighted by Crippen LogP contribution is 2.57. The molecule has 0 fully saturated rings. The van der Waals surface area contributed by atoms with Crippen LogP contribution in [0.2, 0.25) is 5.02 Å². The lowest BCUT2D eigenvalue weighted by atomic mass is 9.70. The van der Waals surface area contributed by atoms with Gasteiger partial charge in [-0.2, -0.15) is 0 Å². The van der Waals surface area contributed by atoms with Gasteiger partial charge in [0.2, 0.25) is 0 Å². The van der Waals surface area contributed by atoms with Crippen LogP contribution in [0.5, 0.6) is 11.5 Å². The molecule has 0 saturated carbocycles. The van der Waals surface area contributed by atoms with Crippen molar-refractivity contribution in [1.82, 2.24) is 0 Å². The van der Waals surface area contributed by atoms with E-state index >= 15 is 0 Å². The summed E-state index contributed by atoms with van der Waals surface area (Å²) in [7, 11) is 0. The fourth-order valence-electron chi connectivity index (χ4n) is 5.80. The van der Waals surface area contributed by atoms with E-state index in [4.69, 9.17) is 21.1 Å². The Morgan fingerprint density at radius 3 is 2.11 bits per heavy atom. The van der Waals surface area contributed by atoms with Crippen LogP contribution in [-0.4, -0.2) is 5.97 Å². The predicted molar refractivity (Wildman–Crippen MR) is 141 cm³/mol. The van der Waals surface area contributed by atoms with Crippen molar-refractivity contribution in [1.29, 1.82) is 0 Å². The lowest BCUT2D eigenvalue weighted by molar-refractivity contribution is 0.0753. The molecule has 0 aromatic heterocycles. The van der Waals surface area contributed by atoms with Gasteiger partial charge in [-0.05, 0) is 41.0 Å². The SMILES string of the molecule is O=C1Oc2cc3c(c4cccc1c24)O[C@@H](c1ccccc1)[C@H](c1ccccc1)[C@H]3c1ccc(Cl)cc1. The number of fused-ring (bicyclic) bond motifs is 2. The molecule has 0 spiro atoms. The average molecular weight is 489 g/mol. The number of benzene rings is 5. The van der Waals surface area contributed by atoms with Crippen LogP contribution < -0.4 is 9.47 Å². The first-order valence-corrected chi connectivity index (χ1v) is 12.4. The summed E-state index contributed by atoms with van der Waals surface area (Å²) in [5, 5.41) is 2.41. The van der Waals surface area contributed by atoms with Crippen LogP contribution in [-0.2, 0) is 0 Å². The first-order valence-electron chi connectivity index (χ1n) is 12.0. The molecule has 36 heavy (non-hydrogen) atoms. The second-order valence-electron chi connectivity index (χ2n) is 9.33. The number of carbonyl (C=O) groups excluding carboxylic acids is 1. The van der Waals surface area contributed by atoms with E-state index in [9.17, 15) is 4.79 Å². The molecule has 0 aliphatic carbocycles. The molecule has 2 aliphatic rings. The molecule has 0 saturated heterocycles. The number of carbonyl (C=O) groups is 1. The highest BCUT2D eigenvalue weighted by atomic mass is 35.5. The first kappa shape index (κ1) is 21.2. The zero-order chi connectivity index (χ0) is 24.2. The third-order valence-corrected chi connectivity index (χ3v) is 7.59. The topological polar surface area (TPSA) is 35.5 Å². The molecule has 4 heteroatoms. The Morgan fingerprint density at radius 1 is 0.694 bits per heavy atom. The van der Waals surface area contributed by atoms with Crippen LogP contribution in [0, 0.1) is 0 Å². The van der Waals surface area contributed by atoms with Crippen LogP contribution in [0.25, 0.3) is 10.8 Å². The van der Waals surface area contributed by atoms with Crippen LogP contribution >= 0.6 is 11.6 Å². The van der Waals surface area contributed by atoms with Gasteiger partial charge < -0.3 is 9.47 Å². The molecule has 0 N–H and O–H groups in total. The highest BCUT2D eigenvalue weighted by molar-refractivity contribution is 6.30. The Morgan fingerprint density at radius 2 is 1.39 bits per heavy atom. The molecule has 3 nitrogen and oxygen atoms in total. The van der Waals surface area contributed by atoms with Crippen molar-refractivity contribution in [2.24, 2.45) is 0 Å². The Hall–Kier alpha value is -4.08. The Kier molecular flexibility index (Phi) is 4.86. The predicted octanol–water partition coefficient (Wildman–Crippen LogP) is 8.08. The molecule has 7 rings (SSSR count). The maximum absolute atomic E-state index is 12.6. The molecular formula is C32H21ClO3. The van der Waals surface area contributed by atoms with Crippen molar-refractivity contribution in [3.63, 3.8) is 0 Å². The maximum atomic E-state index is 12.6. The maximum Gasteiger partial charge on any atom is 0.344 e. The second kappa shape index (κ2) is 8.25. The fraction of sp³-hybridized carbons (Fsp3) is 0.0938. The van der Waals surface area contributed by atoms with Crippen molar-refractivity contribution in [2.45, 2.75) is 17.9 Å². The van der Waals surface area contributed by atoms with Crippen LogP contribution in [0.4, 0.5) is 0 Å². The van der Waals surface area contributed by atoms with Gasteiger partial charge in [-0.25, -0.2) is 4.79 Å². The van der Waals surface area contributed by atoms with E-state index in [1.807, 2.05) is 60.7 Å². The normalized spacial score (nSPS) is 20.0. The van der Waals surface area contributed by atoms with Gasteiger partial charge in [0.15, 0.2) is 0 Å². The van der Waals surface area contributed by atoms with E-state index in [-0.39, 0.29) is 23.9 Å². The number of halogens is 1. The summed E-state index contributed by atoms with van der Waals surface area (Å²) in [4.78, 5) is 12.6. The Balaban J connectivity index is 1.56. The van der Waals surface area contributed by atoms with Crippen LogP contribution in [0.15, 0.2) is 109 Å². The van der Waals surface area contributed by atoms with Gasteiger partial charge in [-0.1, -0.05) is 96.5 Å². The van der Waals surface area contributed by atoms with E-state index < -0.39 is 0 Å². The lowest BCUT2D eigenvalue weighted by Crippen LogP contribution is -2.29. The molecule has 0 unspecified atom stereocenters. The molecule has 0 bridgehead atoms. The van der Waals surface area contributed by atoms with E-state index in [0.717, 1.165) is 33.2 Å². The molecule has 2 heterocycles. The average Bonchev–Trinajstić information content (AvgIpc) is 3.25. The monoisotopic (exact) mass is 488 g/mol. The van der Waals surface area contributed by atoms with Gasteiger partial charge >= 0.3 is 5.97 Å². The van der Waals surface area contributed by atoms with Crippen molar-refractivity contribution in [2.75, 3.05) is 0 Å².